The van der Waals surface area contributed by atoms with Crippen molar-refractivity contribution in [3.63, 3.8) is 0 Å². The second-order valence-electron chi connectivity index (χ2n) is 6.28. The van der Waals surface area contributed by atoms with E-state index in [0.717, 1.165) is 14.6 Å². The molecule has 0 saturated heterocycles. The minimum atomic E-state index is -0.430. The zero-order chi connectivity index (χ0) is 22.2. The van der Waals surface area contributed by atoms with Crippen molar-refractivity contribution in [1.82, 2.24) is 9.97 Å². The van der Waals surface area contributed by atoms with Crippen molar-refractivity contribution < 1.29 is 23.9 Å². The molecule has 2 heterocycles. The standard InChI is InChI=1S/C21H21N3O5S2/c1-3-28-19(26)12-17-15(5-4-8-22-17)20(27)23-14-6-7-16-18(11-14)31-21(24-16)30-10-9-29-13(2)25/h4-8,11H,3,9-10,12H2,1-2H3,(H,23,27). The first kappa shape index (κ1) is 22.7. The molecule has 1 amide bonds. The molecule has 3 rings (SSSR count). The number of hydrogen-bond acceptors (Lipinski definition) is 9. The molecule has 1 N–H and O–H groups in total. The number of aromatic nitrogens is 2. The number of pyridine rings is 1. The maximum Gasteiger partial charge on any atom is 0.311 e. The summed E-state index contributed by atoms with van der Waals surface area (Å²) in [5.41, 5.74) is 2.12. The van der Waals surface area contributed by atoms with Gasteiger partial charge in [-0.1, -0.05) is 11.8 Å². The third kappa shape index (κ3) is 6.50. The molecule has 3 aromatic rings. The summed E-state index contributed by atoms with van der Waals surface area (Å²) in [6.45, 7) is 3.70. The van der Waals surface area contributed by atoms with Crippen molar-refractivity contribution in [1.29, 1.82) is 0 Å². The molecular weight excluding hydrogens is 438 g/mol. The Hall–Kier alpha value is -2.98. The van der Waals surface area contributed by atoms with Crippen molar-refractivity contribution in [2.24, 2.45) is 0 Å². The van der Waals surface area contributed by atoms with Crippen LogP contribution >= 0.6 is 23.1 Å². The maximum absolute atomic E-state index is 12.8. The van der Waals surface area contributed by atoms with Gasteiger partial charge in [-0.2, -0.15) is 0 Å². The first-order valence-corrected chi connectivity index (χ1v) is 11.3. The van der Waals surface area contributed by atoms with Crippen molar-refractivity contribution in [3.8, 4) is 0 Å². The lowest BCUT2D eigenvalue weighted by Gasteiger charge is -2.09. The summed E-state index contributed by atoms with van der Waals surface area (Å²) in [5, 5.41) is 2.85. The number of anilines is 1. The molecule has 0 fully saturated rings. The van der Waals surface area contributed by atoms with Gasteiger partial charge in [-0.15, -0.1) is 11.3 Å². The largest absolute Gasteiger partial charge is 0.466 e. The predicted molar refractivity (Wildman–Crippen MR) is 120 cm³/mol. The summed E-state index contributed by atoms with van der Waals surface area (Å²) in [4.78, 5) is 44.1. The molecule has 0 aliphatic heterocycles. The van der Waals surface area contributed by atoms with Crippen LogP contribution in [0.2, 0.25) is 0 Å². The van der Waals surface area contributed by atoms with E-state index in [1.165, 1.54) is 36.2 Å². The number of nitrogens with zero attached hydrogens (tertiary/aromatic N) is 2. The highest BCUT2D eigenvalue weighted by molar-refractivity contribution is 8.01. The number of carbonyl (C=O) groups is 3. The number of thiazole rings is 1. The van der Waals surface area contributed by atoms with Crippen LogP contribution in [0, 0.1) is 0 Å². The Morgan fingerprint density at radius 1 is 1.19 bits per heavy atom. The lowest BCUT2D eigenvalue weighted by atomic mass is 10.1. The van der Waals surface area contributed by atoms with E-state index in [4.69, 9.17) is 9.47 Å². The first-order chi connectivity index (χ1) is 15.0. The molecule has 0 aliphatic carbocycles. The summed E-state index contributed by atoms with van der Waals surface area (Å²) >= 11 is 3.00. The number of hydrogen-bond donors (Lipinski definition) is 1. The van der Waals surface area contributed by atoms with E-state index >= 15 is 0 Å². The molecule has 10 heteroatoms. The fraction of sp³-hybridized carbons (Fsp3) is 0.286. The topological polar surface area (TPSA) is 107 Å². The second-order valence-corrected chi connectivity index (χ2v) is 8.66. The summed E-state index contributed by atoms with van der Waals surface area (Å²) in [6, 6.07) is 8.73. The van der Waals surface area contributed by atoms with Crippen LogP contribution in [0.1, 0.15) is 29.9 Å². The van der Waals surface area contributed by atoms with Crippen LogP contribution in [0.25, 0.3) is 10.2 Å². The number of thioether (sulfide) groups is 1. The Balaban J connectivity index is 1.68. The van der Waals surface area contributed by atoms with Crippen LogP contribution in [0.4, 0.5) is 5.69 Å². The van der Waals surface area contributed by atoms with Crippen molar-refractivity contribution in [2.75, 3.05) is 24.3 Å². The van der Waals surface area contributed by atoms with E-state index in [-0.39, 0.29) is 24.9 Å². The van der Waals surface area contributed by atoms with Crippen molar-refractivity contribution in [3.05, 3.63) is 47.8 Å². The number of benzene rings is 1. The fourth-order valence-electron chi connectivity index (χ4n) is 2.69. The normalized spacial score (nSPS) is 10.6. The summed E-state index contributed by atoms with van der Waals surface area (Å²) in [5.74, 6) is -0.468. The van der Waals surface area contributed by atoms with Crippen molar-refractivity contribution in [2.45, 2.75) is 24.6 Å². The smallest absolute Gasteiger partial charge is 0.311 e. The molecule has 0 unspecified atom stereocenters. The number of nitrogens with one attached hydrogen (secondary N) is 1. The van der Waals surface area contributed by atoms with E-state index in [1.54, 1.807) is 25.1 Å². The maximum atomic E-state index is 12.8. The molecule has 0 spiro atoms. The highest BCUT2D eigenvalue weighted by Gasteiger charge is 2.16. The molecule has 0 saturated carbocycles. The van der Waals surface area contributed by atoms with Gasteiger partial charge in [0, 0.05) is 24.6 Å². The van der Waals surface area contributed by atoms with E-state index < -0.39 is 5.97 Å². The zero-order valence-electron chi connectivity index (χ0n) is 17.0. The first-order valence-electron chi connectivity index (χ1n) is 9.54. The van der Waals surface area contributed by atoms with Gasteiger partial charge in [-0.25, -0.2) is 4.98 Å². The van der Waals surface area contributed by atoms with Gasteiger partial charge in [0.2, 0.25) is 0 Å². The fourth-order valence-corrected chi connectivity index (χ4v) is 4.69. The third-order valence-electron chi connectivity index (χ3n) is 3.99. The van der Waals surface area contributed by atoms with E-state index in [1.807, 2.05) is 12.1 Å². The Morgan fingerprint density at radius 3 is 2.81 bits per heavy atom. The Morgan fingerprint density at radius 2 is 2.03 bits per heavy atom. The predicted octanol–water partition coefficient (Wildman–Crippen LogP) is 3.70. The molecule has 0 atom stereocenters. The number of ether oxygens (including phenoxy) is 2. The lowest BCUT2D eigenvalue weighted by Crippen LogP contribution is -2.18. The second kappa shape index (κ2) is 10.9. The minimum absolute atomic E-state index is 0.0702. The number of amides is 1. The summed E-state index contributed by atoms with van der Waals surface area (Å²) in [7, 11) is 0. The molecule has 2 aromatic heterocycles. The van der Waals surface area contributed by atoms with Crippen LogP contribution in [0.15, 0.2) is 40.9 Å². The molecular formula is C21H21N3O5S2. The van der Waals surface area contributed by atoms with Crippen LogP contribution in [-0.2, 0) is 25.5 Å². The van der Waals surface area contributed by atoms with Gasteiger partial charge < -0.3 is 14.8 Å². The Labute approximate surface area is 187 Å². The number of esters is 2. The van der Waals surface area contributed by atoms with Gasteiger partial charge in [-0.3, -0.25) is 19.4 Å². The van der Waals surface area contributed by atoms with Crippen LogP contribution in [0.3, 0.4) is 0 Å². The minimum Gasteiger partial charge on any atom is -0.466 e. The Bertz CT molecular complexity index is 1100. The molecule has 0 aliphatic rings. The SMILES string of the molecule is CCOC(=O)Cc1ncccc1C(=O)Nc1ccc2nc(SCCOC(C)=O)sc2c1. The van der Waals surface area contributed by atoms with Crippen LogP contribution < -0.4 is 5.32 Å². The van der Waals surface area contributed by atoms with Crippen LogP contribution in [0.5, 0.6) is 0 Å². The number of rotatable bonds is 9. The summed E-state index contributed by atoms with van der Waals surface area (Å²) in [6.07, 6.45) is 1.47. The Kier molecular flexibility index (Phi) is 7.96. The molecule has 0 bridgehead atoms. The molecule has 8 nitrogen and oxygen atoms in total. The van der Waals surface area contributed by atoms with E-state index in [0.29, 0.717) is 29.3 Å². The van der Waals surface area contributed by atoms with Gasteiger partial charge in [-0.05, 0) is 37.3 Å². The highest BCUT2D eigenvalue weighted by Crippen LogP contribution is 2.31. The average Bonchev–Trinajstić information content (AvgIpc) is 3.13. The molecule has 31 heavy (non-hydrogen) atoms. The monoisotopic (exact) mass is 459 g/mol. The van der Waals surface area contributed by atoms with Crippen LogP contribution in [-0.4, -0.2) is 46.8 Å². The van der Waals surface area contributed by atoms with Gasteiger partial charge in [0.25, 0.3) is 5.91 Å². The van der Waals surface area contributed by atoms with Gasteiger partial charge in [0.1, 0.15) is 6.61 Å². The lowest BCUT2D eigenvalue weighted by molar-refractivity contribution is -0.142. The van der Waals surface area contributed by atoms with E-state index in [9.17, 15) is 14.4 Å². The summed E-state index contributed by atoms with van der Waals surface area (Å²) < 4.78 is 11.7. The third-order valence-corrected chi connectivity index (χ3v) is 6.12. The molecule has 0 radical (unpaired) electrons. The zero-order valence-corrected chi connectivity index (χ0v) is 18.7. The average molecular weight is 460 g/mol. The highest BCUT2D eigenvalue weighted by atomic mass is 32.2. The quantitative estimate of drug-likeness (QED) is 0.293. The molecule has 1 aromatic carbocycles. The van der Waals surface area contributed by atoms with Crippen molar-refractivity contribution >= 4 is 56.8 Å². The number of fused-ring (bicyclic) bond motifs is 1. The van der Waals surface area contributed by atoms with Gasteiger partial charge in [0.05, 0.1) is 34.5 Å². The van der Waals surface area contributed by atoms with E-state index in [2.05, 4.69) is 15.3 Å². The molecule has 162 valence electrons. The van der Waals surface area contributed by atoms with Gasteiger partial charge >= 0.3 is 11.9 Å². The van der Waals surface area contributed by atoms with Gasteiger partial charge in [0.15, 0.2) is 4.34 Å². The number of carbonyl (C=O) groups excluding carboxylic acids is 3.